The number of hydrogen-bond acceptors (Lipinski definition) is 2. The van der Waals surface area contributed by atoms with E-state index in [0.29, 0.717) is 17.3 Å². The molecule has 1 heterocycles. The maximum atomic E-state index is 13.7. The first kappa shape index (κ1) is 13.7. The summed E-state index contributed by atoms with van der Waals surface area (Å²) in [5, 5.41) is 5.20. The standard InChI is InChI=1S/C15H10Cl2FNS/c16-9-5-6-12(11(18)7-9)19-8-14-15(17)10-3-1-2-4-13(10)20-14/h1-7,19H,8H2. The van der Waals surface area contributed by atoms with Crippen LogP contribution in [0.2, 0.25) is 10.0 Å². The fourth-order valence-corrected chi connectivity index (χ4v) is 3.58. The molecule has 3 aromatic rings. The lowest BCUT2D eigenvalue weighted by Crippen LogP contribution is -2.00. The third-order valence-electron chi connectivity index (χ3n) is 2.97. The predicted molar refractivity (Wildman–Crippen MR) is 85.6 cm³/mol. The van der Waals surface area contributed by atoms with Crippen molar-refractivity contribution in [2.24, 2.45) is 0 Å². The Bertz CT molecular complexity index is 770. The molecule has 5 heteroatoms. The molecule has 1 N–H and O–H groups in total. The summed E-state index contributed by atoms with van der Waals surface area (Å²) in [4.78, 5) is 0.988. The van der Waals surface area contributed by atoms with Gasteiger partial charge in [-0.3, -0.25) is 0 Å². The first-order valence-electron chi connectivity index (χ1n) is 6.00. The zero-order valence-electron chi connectivity index (χ0n) is 10.3. The number of benzene rings is 2. The minimum absolute atomic E-state index is 0.366. The van der Waals surface area contributed by atoms with E-state index in [2.05, 4.69) is 5.32 Å². The topological polar surface area (TPSA) is 12.0 Å². The monoisotopic (exact) mass is 325 g/mol. The van der Waals surface area contributed by atoms with Crippen molar-refractivity contribution in [2.75, 3.05) is 5.32 Å². The van der Waals surface area contributed by atoms with E-state index in [1.807, 2.05) is 24.3 Å². The number of nitrogens with one attached hydrogen (secondary N) is 1. The quantitative estimate of drug-likeness (QED) is 0.626. The van der Waals surface area contributed by atoms with Gasteiger partial charge < -0.3 is 5.32 Å². The van der Waals surface area contributed by atoms with Crippen molar-refractivity contribution < 1.29 is 4.39 Å². The molecule has 3 rings (SSSR count). The van der Waals surface area contributed by atoms with Crippen LogP contribution in [-0.2, 0) is 6.54 Å². The highest BCUT2D eigenvalue weighted by Gasteiger charge is 2.10. The van der Waals surface area contributed by atoms with E-state index in [-0.39, 0.29) is 5.82 Å². The minimum atomic E-state index is -0.366. The van der Waals surface area contributed by atoms with Crippen LogP contribution < -0.4 is 5.32 Å². The molecule has 0 radical (unpaired) electrons. The van der Waals surface area contributed by atoms with Crippen molar-refractivity contribution >= 4 is 50.3 Å². The summed E-state index contributed by atoms with van der Waals surface area (Å²) < 4.78 is 14.8. The Morgan fingerprint density at radius 1 is 1.10 bits per heavy atom. The summed E-state index contributed by atoms with van der Waals surface area (Å²) in [7, 11) is 0. The fraction of sp³-hybridized carbons (Fsp3) is 0.0667. The highest BCUT2D eigenvalue weighted by Crippen LogP contribution is 2.35. The van der Waals surface area contributed by atoms with Crippen LogP contribution in [0.15, 0.2) is 42.5 Å². The molecule has 0 spiro atoms. The molecule has 0 saturated heterocycles. The van der Waals surface area contributed by atoms with Crippen LogP contribution in [0.4, 0.5) is 10.1 Å². The first-order chi connectivity index (χ1) is 9.65. The van der Waals surface area contributed by atoms with Crippen LogP contribution in [0.5, 0.6) is 0 Å². The van der Waals surface area contributed by atoms with Crippen LogP contribution in [0.25, 0.3) is 10.1 Å². The lowest BCUT2D eigenvalue weighted by atomic mass is 10.2. The molecule has 0 aliphatic heterocycles. The third kappa shape index (κ3) is 2.62. The second kappa shape index (κ2) is 5.60. The van der Waals surface area contributed by atoms with Crippen LogP contribution in [-0.4, -0.2) is 0 Å². The highest BCUT2D eigenvalue weighted by molar-refractivity contribution is 7.19. The molecule has 1 nitrogen and oxygen atoms in total. The highest BCUT2D eigenvalue weighted by atomic mass is 35.5. The van der Waals surface area contributed by atoms with Crippen LogP contribution in [0.3, 0.4) is 0 Å². The second-order valence-electron chi connectivity index (χ2n) is 4.31. The Hall–Kier alpha value is -1.29. The zero-order valence-corrected chi connectivity index (χ0v) is 12.6. The molecule has 0 bridgehead atoms. The fourth-order valence-electron chi connectivity index (χ4n) is 1.99. The van der Waals surface area contributed by atoms with E-state index >= 15 is 0 Å². The Morgan fingerprint density at radius 2 is 1.90 bits per heavy atom. The largest absolute Gasteiger partial charge is 0.378 e. The summed E-state index contributed by atoms with van der Waals surface area (Å²) >= 11 is 13.7. The van der Waals surface area contributed by atoms with E-state index < -0.39 is 0 Å². The van der Waals surface area contributed by atoms with Gasteiger partial charge in [0.15, 0.2) is 0 Å². The minimum Gasteiger partial charge on any atom is -0.378 e. The van der Waals surface area contributed by atoms with Gasteiger partial charge in [0.25, 0.3) is 0 Å². The number of hydrogen-bond donors (Lipinski definition) is 1. The van der Waals surface area contributed by atoms with Gasteiger partial charge in [0, 0.05) is 20.0 Å². The summed E-state index contributed by atoms with van der Waals surface area (Å²) in [5.74, 6) is -0.366. The molecular weight excluding hydrogens is 316 g/mol. The van der Waals surface area contributed by atoms with E-state index in [4.69, 9.17) is 23.2 Å². The van der Waals surface area contributed by atoms with Crippen molar-refractivity contribution in [1.82, 2.24) is 0 Å². The molecule has 0 atom stereocenters. The Kier molecular flexibility index (Phi) is 3.83. The smallest absolute Gasteiger partial charge is 0.147 e. The zero-order chi connectivity index (χ0) is 14.1. The molecule has 1 aromatic heterocycles. The van der Waals surface area contributed by atoms with Crippen molar-refractivity contribution in [3.05, 3.63) is 63.2 Å². The van der Waals surface area contributed by atoms with Crippen molar-refractivity contribution in [1.29, 1.82) is 0 Å². The second-order valence-corrected chi connectivity index (χ2v) is 6.26. The molecule has 0 aliphatic rings. The third-order valence-corrected chi connectivity index (χ3v) is 4.92. The lowest BCUT2D eigenvalue weighted by Gasteiger charge is -2.06. The van der Waals surface area contributed by atoms with Gasteiger partial charge in [-0.15, -0.1) is 11.3 Å². The molecule has 0 fully saturated rings. The molecular formula is C15H10Cl2FNS. The van der Waals surface area contributed by atoms with Gasteiger partial charge in [-0.05, 0) is 24.3 Å². The predicted octanol–water partition coefficient (Wildman–Crippen LogP) is 5.96. The Balaban J connectivity index is 1.85. The summed E-state index contributed by atoms with van der Waals surface area (Å²) in [6.07, 6.45) is 0. The van der Waals surface area contributed by atoms with Gasteiger partial charge in [-0.1, -0.05) is 41.4 Å². The molecule has 102 valence electrons. The molecule has 20 heavy (non-hydrogen) atoms. The normalized spacial score (nSPS) is 10.9. The summed E-state index contributed by atoms with van der Waals surface area (Å²) in [6.45, 7) is 0.483. The van der Waals surface area contributed by atoms with Crippen LogP contribution in [0.1, 0.15) is 4.88 Å². The van der Waals surface area contributed by atoms with Crippen LogP contribution in [0, 0.1) is 5.82 Å². The van der Waals surface area contributed by atoms with E-state index in [9.17, 15) is 4.39 Å². The van der Waals surface area contributed by atoms with Gasteiger partial charge in [0.2, 0.25) is 0 Å². The van der Waals surface area contributed by atoms with Gasteiger partial charge in [0.05, 0.1) is 17.3 Å². The average Bonchev–Trinajstić information content (AvgIpc) is 2.75. The van der Waals surface area contributed by atoms with Gasteiger partial charge in [0.1, 0.15) is 5.82 Å². The molecule has 0 aliphatic carbocycles. The number of thiophene rings is 1. The average molecular weight is 326 g/mol. The first-order valence-corrected chi connectivity index (χ1v) is 7.57. The van der Waals surface area contributed by atoms with E-state index in [1.54, 1.807) is 23.5 Å². The number of anilines is 1. The molecule has 0 amide bonds. The van der Waals surface area contributed by atoms with Gasteiger partial charge >= 0.3 is 0 Å². The maximum absolute atomic E-state index is 13.7. The SMILES string of the molecule is Fc1cc(Cl)ccc1NCc1sc2ccccc2c1Cl. The van der Waals surface area contributed by atoms with Crippen molar-refractivity contribution in [3.8, 4) is 0 Å². The number of rotatable bonds is 3. The molecule has 0 saturated carbocycles. The summed E-state index contributed by atoms with van der Waals surface area (Å²) in [6, 6.07) is 12.5. The van der Waals surface area contributed by atoms with Crippen LogP contribution >= 0.6 is 34.5 Å². The lowest BCUT2D eigenvalue weighted by molar-refractivity contribution is 0.630. The summed E-state index contributed by atoms with van der Waals surface area (Å²) in [5.41, 5.74) is 0.419. The molecule has 2 aromatic carbocycles. The number of halogens is 3. The molecule has 0 unspecified atom stereocenters. The van der Waals surface area contributed by atoms with E-state index in [0.717, 1.165) is 20.0 Å². The Morgan fingerprint density at radius 3 is 2.65 bits per heavy atom. The van der Waals surface area contributed by atoms with Gasteiger partial charge in [-0.2, -0.15) is 0 Å². The van der Waals surface area contributed by atoms with Crippen molar-refractivity contribution in [3.63, 3.8) is 0 Å². The van der Waals surface area contributed by atoms with E-state index in [1.165, 1.54) is 6.07 Å². The maximum Gasteiger partial charge on any atom is 0.147 e. The Labute approximate surface area is 129 Å². The number of fused-ring (bicyclic) bond motifs is 1. The van der Waals surface area contributed by atoms with Crippen molar-refractivity contribution in [2.45, 2.75) is 6.54 Å². The van der Waals surface area contributed by atoms with Gasteiger partial charge in [-0.25, -0.2) is 4.39 Å².